The number of nitrogens with zero attached hydrogens (tertiary/aromatic N) is 3. The maximum Gasteiger partial charge on any atom is 0.329 e. The van der Waals surface area contributed by atoms with Crippen LogP contribution in [0.25, 0.3) is 0 Å². The molecule has 1 aromatic heterocycles. The zero-order chi connectivity index (χ0) is 21.3. The van der Waals surface area contributed by atoms with E-state index in [1.807, 2.05) is 6.92 Å². The number of amides is 1. The van der Waals surface area contributed by atoms with Gasteiger partial charge in [0.2, 0.25) is 0 Å². The number of benzene rings is 1. The van der Waals surface area contributed by atoms with Crippen LogP contribution >= 0.6 is 48.3 Å². The normalized spacial score (nSPS) is 10.4. The first kappa shape index (κ1) is 28.2. The first-order valence-corrected chi connectivity index (χ1v) is 11.3. The molecule has 0 fully saturated rings. The highest BCUT2D eigenvalue weighted by molar-refractivity contribution is 8.26. The molecule has 0 aliphatic carbocycles. The predicted octanol–water partition coefficient (Wildman–Crippen LogP) is 4.39. The second-order valence-corrected chi connectivity index (χ2v) is 8.68. The monoisotopic (exact) mass is 523 g/mol. The number of carbonyl (C=O) groups excluding carboxylic acids is 1. The van der Waals surface area contributed by atoms with Crippen LogP contribution in [0.1, 0.15) is 13.3 Å². The molecule has 14 heteroatoms. The molecular formula is C15H20Cl3N3O5S3. The van der Waals surface area contributed by atoms with E-state index in [0.717, 1.165) is 6.42 Å². The molecule has 0 aliphatic heterocycles. The molecule has 0 radical (unpaired) electrons. The van der Waals surface area contributed by atoms with Crippen LogP contribution < -0.4 is 4.74 Å². The van der Waals surface area contributed by atoms with Crippen molar-refractivity contribution in [2.45, 2.75) is 13.3 Å². The smallest absolute Gasteiger partial charge is 0.329 e. The summed E-state index contributed by atoms with van der Waals surface area (Å²) in [7, 11) is -3.83. The van der Waals surface area contributed by atoms with Crippen LogP contribution in [0, 0.1) is 0 Å². The van der Waals surface area contributed by atoms with Crippen molar-refractivity contribution < 1.29 is 22.8 Å². The third-order valence-electron chi connectivity index (χ3n) is 3.06. The van der Waals surface area contributed by atoms with Crippen molar-refractivity contribution in [1.82, 2.24) is 14.5 Å². The van der Waals surface area contributed by atoms with E-state index >= 15 is 0 Å². The number of hydrogen-bond donors (Lipinski definition) is 2. The van der Waals surface area contributed by atoms with Crippen molar-refractivity contribution in [3.8, 4) is 5.75 Å². The second-order valence-electron chi connectivity index (χ2n) is 5.23. The Morgan fingerprint density at radius 1 is 1.28 bits per heavy atom. The lowest BCUT2D eigenvalue weighted by Crippen LogP contribution is -2.37. The molecule has 0 saturated carbocycles. The lowest BCUT2D eigenvalue weighted by Gasteiger charge is -2.22. The highest BCUT2D eigenvalue weighted by Crippen LogP contribution is 2.35. The van der Waals surface area contributed by atoms with Crippen molar-refractivity contribution in [2.75, 3.05) is 19.7 Å². The number of rotatable bonds is 6. The first-order valence-electron chi connectivity index (χ1n) is 7.77. The highest BCUT2D eigenvalue weighted by Gasteiger charge is 2.15. The van der Waals surface area contributed by atoms with Gasteiger partial charge in [-0.15, -0.1) is 0 Å². The van der Waals surface area contributed by atoms with Crippen LogP contribution in [-0.2, 0) is 20.2 Å². The van der Waals surface area contributed by atoms with E-state index in [4.69, 9.17) is 52.9 Å². The summed E-state index contributed by atoms with van der Waals surface area (Å²) in [6, 6.07) is 2.97. The van der Waals surface area contributed by atoms with Crippen LogP contribution in [0.4, 0.5) is 4.79 Å². The number of carbonyl (C=O) groups is 1. The molecule has 0 atom stereocenters. The molecule has 0 saturated heterocycles. The molecule has 2 N–H and O–H groups in total. The number of hydrogen-bond acceptors (Lipinski definition) is 5. The van der Waals surface area contributed by atoms with Gasteiger partial charge < -0.3 is 9.64 Å². The molecule has 164 valence electrons. The Kier molecular flexibility index (Phi) is 13.1. The molecule has 1 aromatic carbocycles. The minimum Gasteiger partial charge on any atom is -0.489 e. The van der Waals surface area contributed by atoms with Gasteiger partial charge >= 0.3 is 6.03 Å². The Hall–Kier alpha value is -0.790. The molecular weight excluding hydrogens is 505 g/mol. The molecule has 1 heterocycles. The van der Waals surface area contributed by atoms with Crippen LogP contribution in [-0.4, -0.2) is 53.5 Å². The minimum atomic E-state index is -3.83. The Morgan fingerprint density at radius 3 is 2.28 bits per heavy atom. The molecule has 29 heavy (non-hydrogen) atoms. The van der Waals surface area contributed by atoms with Gasteiger partial charge in [0.15, 0.2) is 5.75 Å². The number of halogens is 3. The fraction of sp³-hybridized carbons (Fsp3) is 0.333. The fourth-order valence-corrected chi connectivity index (χ4v) is 2.96. The van der Waals surface area contributed by atoms with Gasteiger partial charge in [0.05, 0.1) is 16.6 Å². The standard InChI is InChI=1S/C15H16Cl3N3O2.H2O3S2.H2S/c1-2-4-20(15(22)21-5-3-19-10-21)6-7-23-14-12(17)8-11(16)9-13(14)18;1-5(2,3)4;/h3,5,8-10H,2,4,6-7H2,1H3;(H2,1,2,3,4);1H2. The SMILES string of the molecule is CCCN(CCOc1c(Cl)cc(Cl)cc1Cl)C(=O)n1ccnc1.O=S(O)(O)=S.S. The van der Waals surface area contributed by atoms with E-state index < -0.39 is 9.05 Å². The van der Waals surface area contributed by atoms with Gasteiger partial charge in [-0.1, -0.05) is 41.7 Å². The van der Waals surface area contributed by atoms with E-state index in [-0.39, 0.29) is 26.1 Å². The molecule has 1 amide bonds. The summed E-state index contributed by atoms with van der Waals surface area (Å²) in [5.41, 5.74) is 0. The maximum atomic E-state index is 12.3. The van der Waals surface area contributed by atoms with E-state index in [0.29, 0.717) is 33.9 Å². The number of imidazole rings is 1. The van der Waals surface area contributed by atoms with Gasteiger partial charge in [-0.05, 0) is 18.6 Å². The highest BCUT2D eigenvalue weighted by atomic mass is 35.5. The zero-order valence-corrected chi connectivity index (χ0v) is 20.0. The summed E-state index contributed by atoms with van der Waals surface area (Å²) in [5.74, 6) is 0.365. The first-order chi connectivity index (χ1) is 13.0. The van der Waals surface area contributed by atoms with Crippen molar-refractivity contribution in [3.63, 3.8) is 0 Å². The van der Waals surface area contributed by atoms with Crippen molar-refractivity contribution in [2.24, 2.45) is 0 Å². The van der Waals surface area contributed by atoms with Gasteiger partial charge in [0, 0.05) is 35.1 Å². The van der Waals surface area contributed by atoms with E-state index in [1.54, 1.807) is 29.4 Å². The average Bonchev–Trinajstić information content (AvgIpc) is 3.08. The van der Waals surface area contributed by atoms with Gasteiger partial charge in [0.1, 0.15) is 12.9 Å². The topological polar surface area (TPSA) is 105 Å². The largest absolute Gasteiger partial charge is 0.489 e. The second kappa shape index (κ2) is 13.5. The summed E-state index contributed by atoms with van der Waals surface area (Å²) in [4.78, 5) is 17.9. The van der Waals surface area contributed by atoms with E-state index in [1.165, 1.54) is 10.9 Å². The Bertz CT molecular complexity index is 852. The van der Waals surface area contributed by atoms with Crippen LogP contribution in [0.5, 0.6) is 5.75 Å². The van der Waals surface area contributed by atoms with Crippen molar-refractivity contribution in [3.05, 3.63) is 45.9 Å². The fourth-order valence-electron chi connectivity index (χ4n) is 2.03. The third kappa shape index (κ3) is 11.2. The van der Waals surface area contributed by atoms with Crippen LogP contribution in [0.3, 0.4) is 0 Å². The van der Waals surface area contributed by atoms with Crippen molar-refractivity contribution in [1.29, 1.82) is 0 Å². The Labute approximate surface area is 195 Å². The number of aromatic nitrogens is 2. The zero-order valence-electron chi connectivity index (χ0n) is 15.1. The minimum absolute atomic E-state index is 0. The summed E-state index contributed by atoms with van der Waals surface area (Å²) >= 11 is 21.5. The quantitative estimate of drug-likeness (QED) is 0.577. The summed E-state index contributed by atoms with van der Waals surface area (Å²) in [6.07, 6.45) is 5.48. The molecule has 2 rings (SSSR count). The summed E-state index contributed by atoms with van der Waals surface area (Å²) in [5, 5.41) is 1.12. The van der Waals surface area contributed by atoms with Crippen LogP contribution in [0.2, 0.25) is 15.1 Å². The number of ether oxygens (including phenoxy) is 1. The molecule has 0 unspecified atom stereocenters. The lowest BCUT2D eigenvalue weighted by molar-refractivity contribution is 0.184. The lowest BCUT2D eigenvalue weighted by atomic mass is 10.3. The molecule has 2 aromatic rings. The average molecular weight is 525 g/mol. The Balaban J connectivity index is 0.00000117. The van der Waals surface area contributed by atoms with Crippen molar-refractivity contribution >= 4 is 74.6 Å². The summed E-state index contributed by atoms with van der Waals surface area (Å²) < 4.78 is 31.0. The predicted molar refractivity (Wildman–Crippen MR) is 123 cm³/mol. The maximum absolute atomic E-state index is 12.3. The van der Waals surface area contributed by atoms with E-state index in [9.17, 15) is 4.79 Å². The third-order valence-corrected chi connectivity index (χ3v) is 3.84. The van der Waals surface area contributed by atoms with Gasteiger partial charge in [-0.3, -0.25) is 13.7 Å². The van der Waals surface area contributed by atoms with Gasteiger partial charge in [-0.25, -0.2) is 9.78 Å². The van der Waals surface area contributed by atoms with Crippen LogP contribution in [0.15, 0.2) is 30.9 Å². The molecule has 0 spiro atoms. The van der Waals surface area contributed by atoms with Gasteiger partial charge in [0.25, 0.3) is 9.05 Å². The van der Waals surface area contributed by atoms with E-state index in [2.05, 4.69) is 16.2 Å². The molecule has 0 aliphatic rings. The Morgan fingerprint density at radius 2 is 1.83 bits per heavy atom. The molecule has 8 nitrogen and oxygen atoms in total. The molecule has 0 bridgehead atoms. The summed E-state index contributed by atoms with van der Waals surface area (Å²) in [6.45, 7) is 3.28. The van der Waals surface area contributed by atoms with Gasteiger partial charge in [-0.2, -0.15) is 17.7 Å².